The lowest BCUT2D eigenvalue weighted by atomic mass is 9.91. The lowest BCUT2D eigenvalue weighted by molar-refractivity contribution is 0.0824. The van der Waals surface area contributed by atoms with Crippen LogP contribution in [0.5, 0.6) is 0 Å². The van der Waals surface area contributed by atoms with Crippen molar-refractivity contribution in [2.45, 2.75) is 65.5 Å². The van der Waals surface area contributed by atoms with E-state index in [4.69, 9.17) is 4.84 Å². The Balaban J connectivity index is 1.95. The van der Waals surface area contributed by atoms with Crippen LogP contribution in [0, 0.1) is 0 Å². The first-order valence-electron chi connectivity index (χ1n) is 9.28. The van der Waals surface area contributed by atoms with E-state index < -0.39 is 0 Å². The molecule has 1 aromatic rings. The van der Waals surface area contributed by atoms with Crippen LogP contribution in [-0.4, -0.2) is 35.8 Å². The van der Waals surface area contributed by atoms with Gasteiger partial charge in [0.1, 0.15) is 6.61 Å². The minimum Gasteiger partial charge on any atom is -0.394 e. The molecule has 1 aliphatic carbocycles. The van der Waals surface area contributed by atoms with Crippen LogP contribution in [0.4, 0.5) is 0 Å². The van der Waals surface area contributed by atoms with Crippen molar-refractivity contribution in [1.29, 1.82) is 0 Å². The highest BCUT2D eigenvalue weighted by molar-refractivity contribution is 6.03. The average molecular weight is 328 g/mol. The fourth-order valence-electron chi connectivity index (χ4n) is 3.31. The first kappa shape index (κ1) is 18.7. The minimum atomic E-state index is 0.532. The third-order valence-corrected chi connectivity index (χ3v) is 4.56. The van der Waals surface area contributed by atoms with Crippen molar-refractivity contribution in [3.63, 3.8) is 0 Å². The van der Waals surface area contributed by atoms with Crippen LogP contribution in [0.1, 0.15) is 58.9 Å². The summed E-state index contributed by atoms with van der Waals surface area (Å²) in [4.78, 5) is 8.11. The van der Waals surface area contributed by atoms with E-state index in [2.05, 4.69) is 74.2 Å². The maximum atomic E-state index is 5.68. The monoisotopic (exact) mass is 328 g/mol. The predicted molar refractivity (Wildman–Crippen MR) is 103 cm³/mol. The Kier molecular flexibility index (Phi) is 7.51. The molecule has 0 aliphatic heterocycles. The molecule has 3 nitrogen and oxygen atoms in total. The SMILES string of the molecule is CC(C)N(CCON=C1CCCCC1=Cc1ccccc1)C(C)C. The third-order valence-electron chi connectivity index (χ3n) is 4.56. The Morgan fingerprint density at radius 2 is 1.71 bits per heavy atom. The quantitative estimate of drug-likeness (QED) is 0.511. The number of oxime groups is 1. The summed E-state index contributed by atoms with van der Waals surface area (Å²) in [5, 5.41) is 4.47. The molecule has 0 saturated heterocycles. The second kappa shape index (κ2) is 9.63. The van der Waals surface area contributed by atoms with E-state index in [0.29, 0.717) is 18.7 Å². The van der Waals surface area contributed by atoms with Gasteiger partial charge < -0.3 is 4.84 Å². The van der Waals surface area contributed by atoms with Gasteiger partial charge in [0.2, 0.25) is 0 Å². The van der Waals surface area contributed by atoms with Gasteiger partial charge in [-0.2, -0.15) is 0 Å². The summed E-state index contributed by atoms with van der Waals surface area (Å²) in [5.41, 5.74) is 3.70. The Bertz CT molecular complexity index is 538. The lowest BCUT2D eigenvalue weighted by Crippen LogP contribution is -2.39. The van der Waals surface area contributed by atoms with Gasteiger partial charge in [0.05, 0.1) is 5.71 Å². The van der Waals surface area contributed by atoms with Gasteiger partial charge in [-0.3, -0.25) is 4.90 Å². The van der Waals surface area contributed by atoms with Crippen molar-refractivity contribution in [3.05, 3.63) is 41.5 Å². The summed E-state index contributed by atoms with van der Waals surface area (Å²) >= 11 is 0. The van der Waals surface area contributed by atoms with Crippen molar-refractivity contribution < 1.29 is 4.84 Å². The lowest BCUT2D eigenvalue weighted by Gasteiger charge is -2.29. The maximum absolute atomic E-state index is 5.68. The standard InChI is InChI=1S/C21H32N2O/c1-17(2)23(18(3)4)14-15-24-22-21-13-9-8-12-20(21)16-19-10-6-5-7-11-19/h5-7,10-11,16-18H,8-9,12-15H2,1-4H3. The molecule has 0 radical (unpaired) electrons. The molecule has 0 aromatic heterocycles. The van der Waals surface area contributed by atoms with Crippen LogP contribution >= 0.6 is 0 Å². The molecule has 1 aliphatic rings. The van der Waals surface area contributed by atoms with Gasteiger partial charge in [0.15, 0.2) is 0 Å². The van der Waals surface area contributed by atoms with E-state index in [1.54, 1.807) is 0 Å². The van der Waals surface area contributed by atoms with Crippen LogP contribution in [0.25, 0.3) is 6.08 Å². The van der Waals surface area contributed by atoms with Crippen LogP contribution in [0.2, 0.25) is 0 Å². The van der Waals surface area contributed by atoms with Crippen molar-refractivity contribution in [2.24, 2.45) is 5.16 Å². The molecule has 24 heavy (non-hydrogen) atoms. The highest BCUT2D eigenvalue weighted by Crippen LogP contribution is 2.23. The van der Waals surface area contributed by atoms with E-state index in [1.807, 2.05) is 0 Å². The molecule has 2 rings (SSSR count). The fraction of sp³-hybridized carbons (Fsp3) is 0.571. The second-order valence-corrected chi connectivity index (χ2v) is 7.08. The number of rotatable bonds is 7. The summed E-state index contributed by atoms with van der Waals surface area (Å²) in [6.45, 7) is 10.5. The average Bonchev–Trinajstić information content (AvgIpc) is 2.56. The largest absolute Gasteiger partial charge is 0.394 e. The van der Waals surface area contributed by atoms with Crippen LogP contribution in [0.3, 0.4) is 0 Å². The number of allylic oxidation sites excluding steroid dienone is 1. The maximum Gasteiger partial charge on any atom is 0.129 e. The molecule has 3 heteroatoms. The number of hydrogen-bond acceptors (Lipinski definition) is 3. The second-order valence-electron chi connectivity index (χ2n) is 7.08. The van der Waals surface area contributed by atoms with Crippen molar-refractivity contribution in [1.82, 2.24) is 4.90 Å². The van der Waals surface area contributed by atoms with E-state index in [0.717, 1.165) is 25.1 Å². The molecule has 1 aromatic carbocycles. The molecule has 0 unspecified atom stereocenters. The highest BCUT2D eigenvalue weighted by atomic mass is 16.6. The topological polar surface area (TPSA) is 24.8 Å². The Morgan fingerprint density at radius 1 is 1.04 bits per heavy atom. The molecule has 0 spiro atoms. The molecule has 0 N–H and O–H groups in total. The molecular formula is C21H32N2O. The minimum absolute atomic E-state index is 0.532. The van der Waals surface area contributed by atoms with Gasteiger partial charge in [-0.15, -0.1) is 0 Å². The Morgan fingerprint density at radius 3 is 2.38 bits per heavy atom. The number of nitrogens with zero attached hydrogens (tertiary/aromatic N) is 2. The van der Waals surface area contributed by atoms with Gasteiger partial charge in [-0.05, 0) is 70.6 Å². The van der Waals surface area contributed by atoms with Gasteiger partial charge in [-0.25, -0.2) is 0 Å². The molecule has 0 bridgehead atoms. The normalized spacial score (nSPS) is 19.0. The number of benzene rings is 1. The van der Waals surface area contributed by atoms with Crippen LogP contribution in [-0.2, 0) is 4.84 Å². The molecule has 1 fully saturated rings. The van der Waals surface area contributed by atoms with Gasteiger partial charge in [-0.1, -0.05) is 35.5 Å². The zero-order valence-corrected chi connectivity index (χ0v) is 15.7. The summed E-state index contributed by atoms with van der Waals surface area (Å²) in [7, 11) is 0. The summed E-state index contributed by atoms with van der Waals surface area (Å²) in [5.74, 6) is 0. The van der Waals surface area contributed by atoms with E-state index >= 15 is 0 Å². The first-order valence-corrected chi connectivity index (χ1v) is 9.28. The highest BCUT2D eigenvalue weighted by Gasteiger charge is 2.15. The molecule has 0 heterocycles. The zero-order valence-electron chi connectivity index (χ0n) is 15.7. The smallest absolute Gasteiger partial charge is 0.129 e. The van der Waals surface area contributed by atoms with Crippen molar-refractivity contribution >= 4 is 11.8 Å². The molecular weight excluding hydrogens is 296 g/mol. The molecule has 1 saturated carbocycles. The summed E-state index contributed by atoms with van der Waals surface area (Å²) in [6, 6.07) is 11.6. The molecule has 0 amide bonds. The van der Waals surface area contributed by atoms with Gasteiger partial charge >= 0.3 is 0 Å². The first-order chi connectivity index (χ1) is 11.6. The number of hydrogen-bond donors (Lipinski definition) is 0. The molecule has 132 valence electrons. The van der Waals surface area contributed by atoms with E-state index in [-0.39, 0.29) is 0 Å². The Hall–Kier alpha value is -1.61. The molecule has 0 atom stereocenters. The zero-order chi connectivity index (χ0) is 17.4. The summed E-state index contributed by atoms with van der Waals surface area (Å²) in [6.07, 6.45) is 6.83. The van der Waals surface area contributed by atoms with Crippen molar-refractivity contribution in [3.8, 4) is 0 Å². The van der Waals surface area contributed by atoms with Gasteiger partial charge in [0.25, 0.3) is 0 Å². The Labute approximate surface area is 147 Å². The van der Waals surface area contributed by atoms with E-state index in [9.17, 15) is 0 Å². The van der Waals surface area contributed by atoms with Crippen LogP contribution in [0.15, 0.2) is 41.1 Å². The van der Waals surface area contributed by atoms with Crippen molar-refractivity contribution in [2.75, 3.05) is 13.2 Å². The van der Waals surface area contributed by atoms with Crippen LogP contribution < -0.4 is 0 Å². The third kappa shape index (κ3) is 5.79. The predicted octanol–water partition coefficient (Wildman–Crippen LogP) is 5.14. The summed E-state index contributed by atoms with van der Waals surface area (Å²) < 4.78 is 0. The van der Waals surface area contributed by atoms with Gasteiger partial charge in [0, 0.05) is 18.6 Å². The fourth-order valence-corrected chi connectivity index (χ4v) is 3.31. The van der Waals surface area contributed by atoms with E-state index in [1.165, 1.54) is 24.0 Å².